The molecule has 16 heavy (non-hydrogen) atoms. The number of nitrogens with zero attached hydrogens (tertiary/aromatic N) is 1. The zero-order valence-electron chi connectivity index (χ0n) is 10.4. The van der Waals surface area contributed by atoms with Gasteiger partial charge in [-0.2, -0.15) is 0 Å². The Morgan fingerprint density at radius 3 is 2.56 bits per heavy atom. The first-order chi connectivity index (χ1) is 7.43. The number of aliphatic hydroxyl groups is 1. The van der Waals surface area contributed by atoms with Gasteiger partial charge in [0, 0.05) is 25.6 Å². The van der Waals surface area contributed by atoms with Gasteiger partial charge in [-0.25, -0.2) is 0 Å². The number of rotatable bonds is 5. The molecule has 3 N–H and O–H groups in total. The molecule has 0 heterocycles. The molecule has 4 heteroatoms. The van der Waals surface area contributed by atoms with Gasteiger partial charge in [-0.1, -0.05) is 12.8 Å². The van der Waals surface area contributed by atoms with Crippen molar-refractivity contribution in [1.82, 2.24) is 4.90 Å². The van der Waals surface area contributed by atoms with Gasteiger partial charge >= 0.3 is 0 Å². The molecule has 1 aliphatic rings. The lowest BCUT2D eigenvalue weighted by Crippen LogP contribution is -2.43. The van der Waals surface area contributed by atoms with E-state index in [1.807, 2.05) is 0 Å². The van der Waals surface area contributed by atoms with E-state index in [4.69, 9.17) is 10.8 Å². The maximum absolute atomic E-state index is 11.9. The molecule has 1 aliphatic carbocycles. The molecule has 94 valence electrons. The van der Waals surface area contributed by atoms with E-state index in [1.54, 1.807) is 18.9 Å². The minimum Gasteiger partial charge on any atom is -0.393 e. The molecule has 1 amide bonds. The van der Waals surface area contributed by atoms with Crippen molar-refractivity contribution < 1.29 is 9.90 Å². The highest BCUT2D eigenvalue weighted by Gasteiger charge is 2.32. The molecule has 1 atom stereocenters. The highest BCUT2D eigenvalue weighted by atomic mass is 16.3. The van der Waals surface area contributed by atoms with Crippen molar-refractivity contribution >= 4 is 5.91 Å². The Morgan fingerprint density at radius 2 is 2.06 bits per heavy atom. The normalized spacial score (nSPS) is 20.8. The molecule has 1 unspecified atom stereocenters. The van der Waals surface area contributed by atoms with Gasteiger partial charge in [-0.05, 0) is 26.2 Å². The summed E-state index contributed by atoms with van der Waals surface area (Å²) in [5, 5.41) is 9.16. The van der Waals surface area contributed by atoms with Crippen LogP contribution in [-0.4, -0.2) is 41.1 Å². The zero-order valence-corrected chi connectivity index (χ0v) is 10.4. The van der Waals surface area contributed by atoms with Crippen LogP contribution in [0.1, 0.15) is 45.4 Å². The van der Waals surface area contributed by atoms with E-state index in [0.717, 1.165) is 25.7 Å². The third kappa shape index (κ3) is 4.10. The first kappa shape index (κ1) is 13.5. The largest absolute Gasteiger partial charge is 0.393 e. The quantitative estimate of drug-likeness (QED) is 0.734. The maximum Gasteiger partial charge on any atom is 0.224 e. The van der Waals surface area contributed by atoms with Crippen LogP contribution in [0.5, 0.6) is 0 Å². The van der Waals surface area contributed by atoms with E-state index in [-0.39, 0.29) is 17.6 Å². The Bertz CT molecular complexity index is 235. The molecule has 1 fully saturated rings. The second-order valence-electron chi connectivity index (χ2n) is 5.20. The van der Waals surface area contributed by atoms with Crippen molar-refractivity contribution in [2.45, 2.75) is 57.1 Å². The van der Waals surface area contributed by atoms with Crippen LogP contribution in [0.3, 0.4) is 0 Å². The topological polar surface area (TPSA) is 66.6 Å². The highest BCUT2D eigenvalue weighted by Crippen LogP contribution is 2.30. The van der Waals surface area contributed by atoms with E-state index < -0.39 is 0 Å². The number of carbonyl (C=O) groups is 1. The van der Waals surface area contributed by atoms with Crippen molar-refractivity contribution in [2.24, 2.45) is 5.73 Å². The third-order valence-corrected chi connectivity index (χ3v) is 3.41. The van der Waals surface area contributed by atoms with Crippen LogP contribution in [0.15, 0.2) is 0 Å². The van der Waals surface area contributed by atoms with Crippen molar-refractivity contribution in [3.63, 3.8) is 0 Å². The summed E-state index contributed by atoms with van der Waals surface area (Å²) in [5.41, 5.74) is 5.89. The van der Waals surface area contributed by atoms with E-state index >= 15 is 0 Å². The molecule has 1 rings (SSSR count). The first-order valence-electron chi connectivity index (χ1n) is 6.14. The Hall–Kier alpha value is -0.610. The number of nitrogens with two attached hydrogens (primary N) is 1. The van der Waals surface area contributed by atoms with Gasteiger partial charge in [-0.15, -0.1) is 0 Å². The number of hydrogen-bond acceptors (Lipinski definition) is 3. The molecule has 0 radical (unpaired) electrons. The maximum atomic E-state index is 11.9. The molecule has 0 spiro atoms. The zero-order chi connectivity index (χ0) is 12.2. The summed E-state index contributed by atoms with van der Waals surface area (Å²) in [7, 11) is 1.78. The molecular weight excluding hydrogens is 204 g/mol. The van der Waals surface area contributed by atoms with Gasteiger partial charge in [-0.3, -0.25) is 4.79 Å². The minimum absolute atomic E-state index is 0.102. The summed E-state index contributed by atoms with van der Waals surface area (Å²) in [6, 6.07) is 0. The predicted octanol–water partition coefficient (Wildman–Crippen LogP) is 0.877. The number of aliphatic hydroxyl groups excluding tert-OH is 1. The van der Waals surface area contributed by atoms with Gasteiger partial charge in [0.15, 0.2) is 0 Å². The average Bonchev–Trinajstić information content (AvgIpc) is 2.61. The van der Waals surface area contributed by atoms with E-state index in [0.29, 0.717) is 19.4 Å². The Labute approximate surface area is 97.8 Å². The summed E-state index contributed by atoms with van der Waals surface area (Å²) in [6.07, 6.45) is 4.92. The molecule has 0 aliphatic heterocycles. The number of hydrogen-bond donors (Lipinski definition) is 2. The van der Waals surface area contributed by atoms with Gasteiger partial charge < -0.3 is 15.7 Å². The van der Waals surface area contributed by atoms with Crippen LogP contribution >= 0.6 is 0 Å². The van der Waals surface area contributed by atoms with Crippen molar-refractivity contribution in [2.75, 3.05) is 13.6 Å². The highest BCUT2D eigenvalue weighted by molar-refractivity contribution is 5.77. The van der Waals surface area contributed by atoms with Gasteiger partial charge in [0.1, 0.15) is 0 Å². The van der Waals surface area contributed by atoms with Gasteiger partial charge in [0.2, 0.25) is 5.91 Å². The van der Waals surface area contributed by atoms with Crippen molar-refractivity contribution in [3.05, 3.63) is 0 Å². The van der Waals surface area contributed by atoms with E-state index in [1.165, 1.54) is 0 Å². The fourth-order valence-corrected chi connectivity index (χ4v) is 2.20. The number of carbonyl (C=O) groups excluding carboxylic acids is 1. The molecule has 0 saturated heterocycles. The fraction of sp³-hybridized carbons (Fsp3) is 0.917. The van der Waals surface area contributed by atoms with Crippen LogP contribution in [0.25, 0.3) is 0 Å². The van der Waals surface area contributed by atoms with Crippen molar-refractivity contribution in [1.29, 1.82) is 0 Å². The van der Waals surface area contributed by atoms with Crippen LogP contribution in [0.2, 0.25) is 0 Å². The Morgan fingerprint density at radius 1 is 1.50 bits per heavy atom. The Balaban J connectivity index is 2.33. The predicted molar refractivity (Wildman–Crippen MR) is 63.9 cm³/mol. The number of amides is 1. The fourth-order valence-electron chi connectivity index (χ4n) is 2.20. The Kier molecular flexibility index (Phi) is 4.74. The molecular formula is C12H24N2O2. The SMILES string of the molecule is CC(O)CCN(C)C(=O)CC1(N)CCCC1. The lowest BCUT2D eigenvalue weighted by Gasteiger charge is -2.26. The molecule has 4 nitrogen and oxygen atoms in total. The summed E-state index contributed by atoms with van der Waals surface area (Å²) >= 11 is 0. The smallest absolute Gasteiger partial charge is 0.224 e. The summed E-state index contributed by atoms with van der Waals surface area (Å²) in [5.74, 6) is 0.102. The van der Waals surface area contributed by atoms with E-state index in [9.17, 15) is 4.79 Å². The van der Waals surface area contributed by atoms with Gasteiger partial charge in [0.25, 0.3) is 0 Å². The molecule has 0 aromatic carbocycles. The molecule has 0 aromatic heterocycles. The third-order valence-electron chi connectivity index (χ3n) is 3.41. The molecule has 0 aromatic rings. The monoisotopic (exact) mass is 228 g/mol. The van der Waals surface area contributed by atoms with E-state index in [2.05, 4.69) is 0 Å². The molecule has 1 saturated carbocycles. The van der Waals surface area contributed by atoms with Gasteiger partial charge in [0.05, 0.1) is 6.10 Å². The lowest BCUT2D eigenvalue weighted by atomic mass is 9.94. The van der Waals surface area contributed by atoms with Crippen LogP contribution in [-0.2, 0) is 4.79 Å². The minimum atomic E-state index is -0.353. The lowest BCUT2D eigenvalue weighted by molar-refractivity contribution is -0.131. The summed E-state index contributed by atoms with van der Waals surface area (Å²) in [4.78, 5) is 13.6. The van der Waals surface area contributed by atoms with Crippen molar-refractivity contribution in [3.8, 4) is 0 Å². The van der Waals surface area contributed by atoms with Crippen LogP contribution in [0, 0.1) is 0 Å². The second kappa shape index (κ2) is 5.64. The second-order valence-corrected chi connectivity index (χ2v) is 5.20. The summed E-state index contributed by atoms with van der Waals surface area (Å²) in [6.45, 7) is 2.34. The standard InChI is InChI=1S/C12H24N2O2/c1-10(15)5-8-14(2)11(16)9-12(13)6-3-4-7-12/h10,15H,3-9,13H2,1-2H3. The van der Waals surface area contributed by atoms with Crippen LogP contribution < -0.4 is 5.73 Å². The van der Waals surface area contributed by atoms with Crippen LogP contribution in [0.4, 0.5) is 0 Å². The molecule has 0 bridgehead atoms. The average molecular weight is 228 g/mol. The first-order valence-corrected chi connectivity index (χ1v) is 6.14. The summed E-state index contributed by atoms with van der Waals surface area (Å²) < 4.78 is 0.